The number of hydrogen-bond donors (Lipinski definition) is 0. The van der Waals surface area contributed by atoms with Crippen LogP contribution >= 0.6 is 11.8 Å². The van der Waals surface area contributed by atoms with E-state index in [1.54, 1.807) is 17.7 Å². The van der Waals surface area contributed by atoms with Crippen molar-refractivity contribution < 1.29 is 18.8 Å². The lowest BCUT2D eigenvalue weighted by atomic mass is 10.2. The van der Waals surface area contributed by atoms with Gasteiger partial charge in [-0.3, -0.25) is 10.1 Å². The smallest absolute Gasteiger partial charge is 0.338 e. The summed E-state index contributed by atoms with van der Waals surface area (Å²) in [4.78, 5) is 23.3. The number of carbonyl (C=O) groups is 1. The van der Waals surface area contributed by atoms with Crippen LogP contribution in [0.1, 0.15) is 15.9 Å². The minimum absolute atomic E-state index is 0.0282. The molecule has 0 saturated heterocycles. The number of rotatable bonds is 6. The van der Waals surface area contributed by atoms with E-state index in [0.717, 1.165) is 17.8 Å². The Morgan fingerprint density at radius 1 is 1.33 bits per heavy atom. The Labute approximate surface area is 157 Å². The number of nitro benzene ring substituents is 1. The number of carbonyl (C=O) groups excluding carboxylic acids is 1. The summed E-state index contributed by atoms with van der Waals surface area (Å²) < 4.78 is 19.9. The van der Waals surface area contributed by atoms with Gasteiger partial charge in [-0.1, -0.05) is 12.1 Å². The van der Waals surface area contributed by atoms with E-state index < -0.39 is 16.7 Å². The zero-order valence-corrected chi connectivity index (χ0v) is 14.9. The molecule has 0 atom stereocenters. The van der Waals surface area contributed by atoms with Gasteiger partial charge >= 0.3 is 5.97 Å². The van der Waals surface area contributed by atoms with E-state index in [9.17, 15) is 19.3 Å². The largest absolute Gasteiger partial charge is 0.457 e. The number of benzene rings is 2. The molecule has 2 aromatic carbocycles. The Balaban J connectivity index is 1.77. The number of aryl methyl sites for hydroxylation is 1. The highest BCUT2D eigenvalue weighted by molar-refractivity contribution is 7.99. The van der Waals surface area contributed by atoms with Crippen LogP contribution in [0, 0.1) is 15.9 Å². The fourth-order valence-corrected chi connectivity index (χ4v) is 3.05. The third-order valence-corrected chi connectivity index (χ3v) is 4.64. The fraction of sp³-hybridized carbons (Fsp3) is 0.118. The van der Waals surface area contributed by atoms with Crippen LogP contribution in [0.15, 0.2) is 58.8 Å². The molecule has 10 heteroatoms. The average Bonchev–Trinajstić information content (AvgIpc) is 3.04. The van der Waals surface area contributed by atoms with Gasteiger partial charge in [0.15, 0.2) is 5.16 Å². The summed E-state index contributed by atoms with van der Waals surface area (Å²) in [5.74, 6) is -1.18. The predicted molar refractivity (Wildman–Crippen MR) is 93.7 cm³/mol. The van der Waals surface area contributed by atoms with Gasteiger partial charge in [-0.15, -0.1) is 10.2 Å². The van der Waals surface area contributed by atoms with E-state index in [0.29, 0.717) is 15.6 Å². The van der Waals surface area contributed by atoms with Gasteiger partial charge in [-0.2, -0.15) is 0 Å². The quantitative estimate of drug-likeness (QED) is 0.362. The number of halogens is 1. The van der Waals surface area contributed by atoms with E-state index in [1.807, 2.05) is 0 Å². The molecule has 1 aromatic heterocycles. The van der Waals surface area contributed by atoms with Crippen molar-refractivity contribution in [1.29, 1.82) is 0 Å². The molecule has 0 amide bonds. The Morgan fingerprint density at radius 3 is 2.81 bits per heavy atom. The first-order valence-corrected chi connectivity index (χ1v) is 8.47. The summed E-state index contributed by atoms with van der Waals surface area (Å²) in [5.41, 5.74) is 0.260. The maximum atomic E-state index is 13.2. The third-order valence-electron chi connectivity index (χ3n) is 3.52. The molecule has 0 bridgehead atoms. The third kappa shape index (κ3) is 4.47. The van der Waals surface area contributed by atoms with Crippen LogP contribution in [-0.4, -0.2) is 25.7 Å². The van der Waals surface area contributed by atoms with Crippen LogP contribution in [-0.2, 0) is 18.4 Å². The van der Waals surface area contributed by atoms with Gasteiger partial charge in [0.1, 0.15) is 18.8 Å². The lowest BCUT2D eigenvalue weighted by Crippen LogP contribution is -2.06. The first-order chi connectivity index (χ1) is 12.9. The molecule has 0 N–H and O–H groups in total. The number of nitro groups is 1. The number of esters is 1. The first kappa shape index (κ1) is 18.5. The van der Waals surface area contributed by atoms with Gasteiger partial charge in [0.25, 0.3) is 5.69 Å². The molecule has 27 heavy (non-hydrogen) atoms. The Hall–Kier alpha value is -3.27. The summed E-state index contributed by atoms with van der Waals surface area (Å²) in [6.45, 7) is -0.139. The SMILES string of the molecule is Cn1cnnc1Sc1ccc(C(=O)OCc2cccc(F)c2)cc1[N+](=O)[O-]. The van der Waals surface area contributed by atoms with Crippen LogP contribution in [0.4, 0.5) is 10.1 Å². The van der Waals surface area contributed by atoms with E-state index in [1.165, 1.54) is 36.7 Å². The molecule has 0 fully saturated rings. The molecule has 3 rings (SSSR count). The zero-order valence-electron chi connectivity index (χ0n) is 14.0. The normalized spacial score (nSPS) is 10.6. The molecule has 0 aliphatic carbocycles. The maximum absolute atomic E-state index is 13.2. The average molecular weight is 388 g/mol. The van der Waals surface area contributed by atoms with Crippen molar-refractivity contribution in [3.63, 3.8) is 0 Å². The van der Waals surface area contributed by atoms with Gasteiger partial charge in [-0.25, -0.2) is 9.18 Å². The summed E-state index contributed by atoms with van der Waals surface area (Å²) in [6, 6.07) is 9.67. The van der Waals surface area contributed by atoms with Crippen molar-refractivity contribution in [2.75, 3.05) is 0 Å². The van der Waals surface area contributed by atoms with Gasteiger partial charge < -0.3 is 9.30 Å². The van der Waals surface area contributed by atoms with Crippen molar-refractivity contribution >= 4 is 23.4 Å². The van der Waals surface area contributed by atoms with Gasteiger partial charge in [-0.05, 0) is 41.6 Å². The monoisotopic (exact) mass is 388 g/mol. The second-order valence-corrected chi connectivity index (χ2v) is 6.48. The zero-order chi connectivity index (χ0) is 19.4. The lowest BCUT2D eigenvalue weighted by molar-refractivity contribution is -0.387. The molecular weight excluding hydrogens is 375 g/mol. The van der Waals surface area contributed by atoms with Crippen molar-refractivity contribution in [2.45, 2.75) is 16.7 Å². The van der Waals surface area contributed by atoms with Gasteiger partial charge in [0.2, 0.25) is 0 Å². The molecule has 1 heterocycles. The Morgan fingerprint density at radius 2 is 2.15 bits per heavy atom. The van der Waals surface area contributed by atoms with Gasteiger partial charge in [0, 0.05) is 13.1 Å². The number of hydrogen-bond acceptors (Lipinski definition) is 7. The minimum atomic E-state index is -0.738. The molecule has 138 valence electrons. The molecule has 8 nitrogen and oxygen atoms in total. The Bertz CT molecular complexity index is 1010. The van der Waals surface area contributed by atoms with E-state index >= 15 is 0 Å². The minimum Gasteiger partial charge on any atom is -0.457 e. The second kappa shape index (κ2) is 7.96. The second-order valence-electron chi connectivity index (χ2n) is 5.47. The molecule has 0 unspecified atom stereocenters. The summed E-state index contributed by atoms with van der Waals surface area (Å²) in [5, 5.41) is 19.4. The number of ether oxygens (including phenoxy) is 1. The topological polar surface area (TPSA) is 100 Å². The molecular formula is C17H13FN4O4S. The Kier molecular flexibility index (Phi) is 5.46. The van der Waals surface area contributed by atoms with Crippen LogP contribution in [0.25, 0.3) is 0 Å². The molecule has 0 spiro atoms. The highest BCUT2D eigenvalue weighted by Gasteiger charge is 2.20. The predicted octanol–water partition coefficient (Wildman–Crippen LogP) is 3.37. The molecule has 3 aromatic rings. The van der Waals surface area contributed by atoms with Crippen LogP contribution in [0.3, 0.4) is 0 Å². The van der Waals surface area contributed by atoms with Crippen molar-refractivity contribution in [1.82, 2.24) is 14.8 Å². The molecule has 0 saturated carbocycles. The summed E-state index contributed by atoms with van der Waals surface area (Å²) >= 11 is 1.06. The summed E-state index contributed by atoms with van der Waals surface area (Å²) in [7, 11) is 1.71. The van der Waals surface area contributed by atoms with Crippen molar-refractivity contribution in [3.05, 3.63) is 75.9 Å². The highest BCUT2D eigenvalue weighted by atomic mass is 32.2. The van der Waals surface area contributed by atoms with E-state index in [2.05, 4.69) is 10.2 Å². The van der Waals surface area contributed by atoms with E-state index in [4.69, 9.17) is 4.74 Å². The standard InChI is InChI=1S/C17H13FN4O4S/c1-21-10-19-20-17(21)27-15-6-5-12(8-14(15)22(24)25)16(23)26-9-11-3-2-4-13(18)7-11/h2-8,10H,9H2,1H3. The van der Waals surface area contributed by atoms with Crippen molar-refractivity contribution in [3.8, 4) is 0 Å². The summed E-state index contributed by atoms with van der Waals surface area (Å²) in [6.07, 6.45) is 1.48. The van der Waals surface area contributed by atoms with Crippen LogP contribution in [0.2, 0.25) is 0 Å². The lowest BCUT2D eigenvalue weighted by Gasteiger charge is -2.07. The van der Waals surface area contributed by atoms with Crippen LogP contribution < -0.4 is 0 Å². The van der Waals surface area contributed by atoms with E-state index in [-0.39, 0.29) is 17.9 Å². The number of aromatic nitrogens is 3. The molecule has 0 aliphatic heterocycles. The number of nitrogens with zero attached hydrogens (tertiary/aromatic N) is 4. The maximum Gasteiger partial charge on any atom is 0.338 e. The fourth-order valence-electron chi connectivity index (χ4n) is 2.20. The van der Waals surface area contributed by atoms with Crippen LogP contribution in [0.5, 0.6) is 0 Å². The highest BCUT2D eigenvalue weighted by Crippen LogP contribution is 2.34. The molecule has 0 radical (unpaired) electrons. The first-order valence-electron chi connectivity index (χ1n) is 7.66. The molecule has 0 aliphatic rings. The van der Waals surface area contributed by atoms with Crippen molar-refractivity contribution in [2.24, 2.45) is 7.05 Å². The van der Waals surface area contributed by atoms with Gasteiger partial charge in [0.05, 0.1) is 15.4 Å².